The predicted octanol–water partition coefficient (Wildman–Crippen LogP) is 1.78. The van der Waals surface area contributed by atoms with E-state index in [0.29, 0.717) is 5.56 Å². The molecule has 0 saturated carbocycles. The Kier molecular flexibility index (Phi) is 3.62. The van der Waals surface area contributed by atoms with E-state index >= 15 is 0 Å². The predicted molar refractivity (Wildman–Crippen MR) is 66.0 cm³/mol. The van der Waals surface area contributed by atoms with Crippen molar-refractivity contribution in [2.75, 3.05) is 0 Å². The van der Waals surface area contributed by atoms with Crippen LogP contribution in [0.25, 0.3) is 0 Å². The fourth-order valence-corrected chi connectivity index (χ4v) is 1.74. The summed E-state index contributed by atoms with van der Waals surface area (Å²) < 4.78 is 14.7. The third-order valence-corrected chi connectivity index (χ3v) is 2.64. The Labute approximate surface area is 111 Å². The quantitative estimate of drug-likeness (QED) is 0.931. The number of carboxylic acids is 1. The van der Waals surface area contributed by atoms with Crippen LogP contribution in [0.5, 0.6) is 0 Å². The van der Waals surface area contributed by atoms with E-state index in [1.165, 1.54) is 23.0 Å². The first kappa shape index (κ1) is 13.2. The molecule has 0 radical (unpaired) electrons. The third-order valence-electron chi connectivity index (χ3n) is 2.44. The van der Waals surface area contributed by atoms with Crippen LogP contribution >= 0.6 is 11.6 Å². The van der Waals surface area contributed by atoms with Crippen LogP contribution < -0.4 is 5.69 Å². The van der Waals surface area contributed by atoms with Gasteiger partial charge in [0, 0.05) is 6.20 Å². The van der Waals surface area contributed by atoms with E-state index in [9.17, 15) is 14.0 Å². The Bertz CT molecular complexity index is 700. The summed E-state index contributed by atoms with van der Waals surface area (Å²) in [5.41, 5.74) is -0.499. The molecule has 0 amide bonds. The van der Waals surface area contributed by atoms with Gasteiger partial charge in [-0.2, -0.15) is 0 Å². The standard InChI is InChI=1S/C12H8ClFN2O3/c13-8-4-15-12(19)16(6-8)5-7-1-2-9(11(17)18)10(14)3-7/h1-4,6H,5H2,(H,17,18). The molecule has 2 aromatic rings. The number of nitrogens with zero attached hydrogens (tertiary/aromatic N) is 2. The van der Waals surface area contributed by atoms with Crippen molar-refractivity contribution in [2.45, 2.75) is 6.54 Å². The lowest BCUT2D eigenvalue weighted by atomic mass is 10.1. The van der Waals surface area contributed by atoms with Crippen molar-refractivity contribution in [1.29, 1.82) is 0 Å². The van der Waals surface area contributed by atoms with Crippen LogP contribution in [0, 0.1) is 5.82 Å². The van der Waals surface area contributed by atoms with Gasteiger partial charge in [-0.3, -0.25) is 4.57 Å². The van der Waals surface area contributed by atoms with E-state index in [4.69, 9.17) is 16.7 Å². The van der Waals surface area contributed by atoms with E-state index in [1.54, 1.807) is 0 Å². The molecule has 98 valence electrons. The minimum atomic E-state index is -1.34. The number of hydrogen-bond donors (Lipinski definition) is 1. The van der Waals surface area contributed by atoms with Crippen molar-refractivity contribution in [3.8, 4) is 0 Å². The Morgan fingerprint density at radius 1 is 1.47 bits per heavy atom. The van der Waals surface area contributed by atoms with Crippen LogP contribution in [0.1, 0.15) is 15.9 Å². The molecule has 1 heterocycles. The Balaban J connectivity index is 2.34. The normalized spacial score (nSPS) is 10.4. The summed E-state index contributed by atoms with van der Waals surface area (Å²) in [6.45, 7) is 0.0587. The maximum atomic E-state index is 13.5. The first-order chi connectivity index (χ1) is 8.97. The summed E-state index contributed by atoms with van der Waals surface area (Å²) in [6, 6.07) is 3.65. The summed E-state index contributed by atoms with van der Waals surface area (Å²) in [5.74, 6) is -2.20. The van der Waals surface area contributed by atoms with Gasteiger partial charge in [0.15, 0.2) is 0 Å². The molecule has 0 aliphatic rings. The smallest absolute Gasteiger partial charge is 0.347 e. The van der Waals surface area contributed by atoms with Crippen LogP contribution in [-0.2, 0) is 6.54 Å². The molecule has 7 heteroatoms. The molecule has 0 unspecified atom stereocenters. The van der Waals surface area contributed by atoms with Crippen LogP contribution in [0.4, 0.5) is 4.39 Å². The average molecular weight is 283 g/mol. The lowest BCUT2D eigenvalue weighted by Gasteiger charge is -2.06. The van der Waals surface area contributed by atoms with Crippen molar-refractivity contribution in [3.63, 3.8) is 0 Å². The van der Waals surface area contributed by atoms with Gasteiger partial charge in [-0.25, -0.2) is 19.0 Å². The van der Waals surface area contributed by atoms with Crippen molar-refractivity contribution in [1.82, 2.24) is 9.55 Å². The van der Waals surface area contributed by atoms with Crippen molar-refractivity contribution >= 4 is 17.6 Å². The van der Waals surface area contributed by atoms with E-state index < -0.39 is 23.0 Å². The third kappa shape index (κ3) is 2.97. The van der Waals surface area contributed by atoms with Gasteiger partial charge < -0.3 is 5.11 Å². The van der Waals surface area contributed by atoms with Crippen LogP contribution in [-0.4, -0.2) is 20.6 Å². The minimum absolute atomic E-state index is 0.0587. The first-order valence-electron chi connectivity index (χ1n) is 5.21. The lowest BCUT2D eigenvalue weighted by molar-refractivity contribution is 0.0692. The topological polar surface area (TPSA) is 72.2 Å². The highest BCUT2D eigenvalue weighted by Crippen LogP contribution is 2.12. The first-order valence-corrected chi connectivity index (χ1v) is 5.59. The fraction of sp³-hybridized carbons (Fsp3) is 0.0833. The highest BCUT2D eigenvalue weighted by Gasteiger charge is 2.10. The molecule has 0 spiro atoms. The molecule has 0 fully saturated rings. The number of rotatable bonds is 3. The molecule has 0 saturated heterocycles. The summed E-state index contributed by atoms with van der Waals surface area (Å²) in [7, 11) is 0. The van der Waals surface area contributed by atoms with E-state index in [1.807, 2.05) is 0 Å². The van der Waals surface area contributed by atoms with Crippen LogP contribution in [0.2, 0.25) is 5.02 Å². The number of carboxylic acid groups (broad SMARTS) is 1. The van der Waals surface area contributed by atoms with Crippen molar-refractivity contribution in [2.24, 2.45) is 0 Å². The number of halogens is 2. The lowest BCUT2D eigenvalue weighted by Crippen LogP contribution is -2.22. The van der Waals surface area contributed by atoms with Gasteiger partial charge in [-0.05, 0) is 17.7 Å². The molecule has 5 nitrogen and oxygen atoms in total. The van der Waals surface area contributed by atoms with Gasteiger partial charge in [-0.15, -0.1) is 0 Å². The number of carbonyl (C=O) groups is 1. The molecule has 2 rings (SSSR count). The Hall–Kier alpha value is -2.21. The van der Waals surface area contributed by atoms with Gasteiger partial charge >= 0.3 is 11.7 Å². The van der Waals surface area contributed by atoms with E-state index in [0.717, 1.165) is 12.1 Å². The Morgan fingerprint density at radius 3 is 2.84 bits per heavy atom. The molecule has 0 aliphatic carbocycles. The second-order valence-corrected chi connectivity index (χ2v) is 4.24. The van der Waals surface area contributed by atoms with Crippen LogP contribution in [0.3, 0.4) is 0 Å². The van der Waals surface area contributed by atoms with Gasteiger partial charge in [-0.1, -0.05) is 17.7 Å². The van der Waals surface area contributed by atoms with Crippen molar-refractivity contribution in [3.05, 3.63) is 63.0 Å². The monoisotopic (exact) mass is 282 g/mol. The van der Waals surface area contributed by atoms with Gasteiger partial charge in [0.2, 0.25) is 0 Å². The average Bonchev–Trinajstić information content (AvgIpc) is 2.33. The van der Waals surface area contributed by atoms with Gasteiger partial charge in [0.1, 0.15) is 5.82 Å². The second kappa shape index (κ2) is 5.19. The Morgan fingerprint density at radius 2 is 2.21 bits per heavy atom. The molecule has 0 atom stereocenters. The molecular weight excluding hydrogens is 275 g/mol. The minimum Gasteiger partial charge on any atom is -0.478 e. The summed E-state index contributed by atoms with van der Waals surface area (Å²) in [5, 5.41) is 8.98. The highest BCUT2D eigenvalue weighted by molar-refractivity contribution is 6.30. The fourth-order valence-electron chi connectivity index (χ4n) is 1.57. The molecule has 1 N–H and O–H groups in total. The number of benzene rings is 1. The van der Waals surface area contributed by atoms with Gasteiger partial charge in [0.05, 0.1) is 23.3 Å². The SMILES string of the molecule is O=C(O)c1ccc(Cn2cc(Cl)cnc2=O)cc1F. The molecule has 19 heavy (non-hydrogen) atoms. The molecule has 1 aromatic heterocycles. The second-order valence-electron chi connectivity index (χ2n) is 3.80. The zero-order chi connectivity index (χ0) is 14.0. The number of aromatic nitrogens is 2. The molecule has 1 aromatic carbocycles. The van der Waals surface area contributed by atoms with E-state index in [-0.39, 0.29) is 11.6 Å². The maximum absolute atomic E-state index is 13.5. The summed E-state index contributed by atoms with van der Waals surface area (Å²) in [4.78, 5) is 25.6. The highest BCUT2D eigenvalue weighted by atomic mass is 35.5. The largest absolute Gasteiger partial charge is 0.478 e. The molecular formula is C12H8ClFN2O3. The van der Waals surface area contributed by atoms with E-state index in [2.05, 4.69) is 4.98 Å². The zero-order valence-electron chi connectivity index (χ0n) is 9.51. The zero-order valence-corrected chi connectivity index (χ0v) is 10.3. The van der Waals surface area contributed by atoms with Crippen molar-refractivity contribution < 1.29 is 14.3 Å². The number of aromatic carboxylic acids is 1. The van der Waals surface area contributed by atoms with Gasteiger partial charge in [0.25, 0.3) is 0 Å². The number of hydrogen-bond acceptors (Lipinski definition) is 3. The van der Waals surface area contributed by atoms with Crippen LogP contribution in [0.15, 0.2) is 35.4 Å². The molecule has 0 aliphatic heterocycles. The maximum Gasteiger partial charge on any atom is 0.347 e. The summed E-state index contributed by atoms with van der Waals surface area (Å²) in [6.07, 6.45) is 2.59. The summed E-state index contributed by atoms with van der Waals surface area (Å²) >= 11 is 5.71. The molecule has 0 bridgehead atoms.